The number of nitrogens with zero attached hydrogens (tertiary/aromatic N) is 4. The maximum absolute atomic E-state index is 13.1. The summed E-state index contributed by atoms with van der Waals surface area (Å²) in [6.07, 6.45) is 6.01. The zero-order valence-corrected chi connectivity index (χ0v) is 16.4. The fraction of sp³-hybridized carbons (Fsp3) is 0.750. The van der Waals surface area contributed by atoms with Crippen molar-refractivity contribution >= 4 is 11.7 Å². The number of anilines is 1. The molecular formula is C20H30N4O3. The van der Waals surface area contributed by atoms with Gasteiger partial charge >= 0.3 is 0 Å². The molecule has 4 heterocycles. The Hall–Kier alpha value is -1.73. The Morgan fingerprint density at radius 1 is 1.19 bits per heavy atom. The van der Waals surface area contributed by atoms with Crippen LogP contribution in [0.15, 0.2) is 6.07 Å². The van der Waals surface area contributed by atoms with Crippen molar-refractivity contribution in [2.45, 2.75) is 64.2 Å². The van der Waals surface area contributed by atoms with E-state index in [-0.39, 0.29) is 5.91 Å². The molecule has 4 rings (SSSR count). The van der Waals surface area contributed by atoms with E-state index in [0.717, 1.165) is 57.6 Å². The van der Waals surface area contributed by atoms with Gasteiger partial charge in [-0.05, 0) is 32.6 Å². The predicted octanol–water partition coefficient (Wildman–Crippen LogP) is 2.53. The average Bonchev–Trinajstić information content (AvgIpc) is 3.15. The average molecular weight is 374 g/mol. The molecule has 1 aromatic rings. The lowest BCUT2D eigenvalue weighted by atomic mass is 9.99. The first-order valence-electron chi connectivity index (χ1n) is 10.3. The Morgan fingerprint density at radius 2 is 1.93 bits per heavy atom. The van der Waals surface area contributed by atoms with Crippen LogP contribution in [-0.4, -0.2) is 65.5 Å². The fourth-order valence-corrected chi connectivity index (χ4v) is 4.53. The van der Waals surface area contributed by atoms with E-state index in [1.54, 1.807) is 0 Å². The molecule has 7 heteroatoms. The van der Waals surface area contributed by atoms with Crippen LogP contribution in [0.25, 0.3) is 0 Å². The van der Waals surface area contributed by atoms with E-state index in [2.05, 4.69) is 21.8 Å². The molecule has 3 aliphatic rings. The topological polar surface area (TPSA) is 67.8 Å². The summed E-state index contributed by atoms with van der Waals surface area (Å²) in [6, 6.07) is 2.20. The molecule has 148 valence electrons. The zero-order valence-electron chi connectivity index (χ0n) is 16.4. The Morgan fingerprint density at radius 3 is 2.63 bits per heavy atom. The van der Waals surface area contributed by atoms with Crippen molar-refractivity contribution in [2.24, 2.45) is 0 Å². The van der Waals surface area contributed by atoms with Crippen molar-refractivity contribution in [3.8, 4) is 0 Å². The maximum atomic E-state index is 13.1. The van der Waals surface area contributed by atoms with E-state index in [0.29, 0.717) is 30.8 Å². The van der Waals surface area contributed by atoms with E-state index in [4.69, 9.17) is 9.47 Å². The Bertz CT molecular complexity index is 680. The third-order valence-electron chi connectivity index (χ3n) is 6.07. The molecule has 3 saturated heterocycles. The minimum atomic E-state index is -0.403. The highest BCUT2D eigenvalue weighted by Gasteiger charge is 2.40. The largest absolute Gasteiger partial charge is 0.356 e. The highest BCUT2D eigenvalue weighted by atomic mass is 16.7. The van der Waals surface area contributed by atoms with Gasteiger partial charge in [0.1, 0.15) is 17.3 Å². The minimum absolute atomic E-state index is 0.0456. The van der Waals surface area contributed by atoms with Crippen LogP contribution in [0, 0.1) is 6.92 Å². The number of aryl methyl sites for hydroxylation is 1. The van der Waals surface area contributed by atoms with Gasteiger partial charge in [-0.3, -0.25) is 4.79 Å². The monoisotopic (exact) mass is 374 g/mol. The Kier molecular flexibility index (Phi) is 5.32. The molecule has 0 saturated carbocycles. The molecule has 0 aromatic carbocycles. The van der Waals surface area contributed by atoms with Gasteiger partial charge in [-0.25, -0.2) is 9.97 Å². The number of ether oxygens (including phenoxy) is 2. The summed E-state index contributed by atoms with van der Waals surface area (Å²) in [4.78, 5) is 26.4. The Labute approximate surface area is 161 Å². The zero-order chi connectivity index (χ0) is 18.9. The van der Waals surface area contributed by atoms with Gasteiger partial charge in [-0.1, -0.05) is 6.92 Å². The molecule has 0 aliphatic carbocycles. The first-order chi connectivity index (χ1) is 13.1. The summed E-state index contributed by atoms with van der Waals surface area (Å²) >= 11 is 0. The van der Waals surface area contributed by atoms with Gasteiger partial charge in [-0.15, -0.1) is 0 Å². The summed E-state index contributed by atoms with van der Waals surface area (Å²) in [7, 11) is 0. The second kappa shape index (κ2) is 7.72. The normalized spacial score (nSPS) is 25.2. The summed E-state index contributed by atoms with van der Waals surface area (Å²) in [5.74, 6) is 1.13. The third-order valence-corrected chi connectivity index (χ3v) is 6.07. The first-order valence-corrected chi connectivity index (χ1v) is 10.3. The van der Waals surface area contributed by atoms with Crippen LogP contribution < -0.4 is 4.90 Å². The number of hydrogen-bond acceptors (Lipinski definition) is 6. The number of likely N-dealkylation sites (tertiary alicyclic amines) is 1. The number of carbonyl (C=O) groups excluding carboxylic acids is 1. The molecule has 0 bridgehead atoms. The van der Waals surface area contributed by atoms with Gasteiger partial charge < -0.3 is 19.3 Å². The van der Waals surface area contributed by atoms with Crippen LogP contribution in [0.2, 0.25) is 0 Å². The molecule has 1 atom stereocenters. The van der Waals surface area contributed by atoms with Gasteiger partial charge in [-0.2, -0.15) is 0 Å². The summed E-state index contributed by atoms with van der Waals surface area (Å²) < 4.78 is 11.6. The van der Waals surface area contributed by atoms with Gasteiger partial charge in [0, 0.05) is 44.6 Å². The summed E-state index contributed by atoms with van der Waals surface area (Å²) in [5.41, 5.74) is 0.520. The van der Waals surface area contributed by atoms with Gasteiger partial charge in [0.25, 0.3) is 5.91 Å². The standard InChI is InChI=1S/C20H30N4O3/c1-3-16-6-4-5-9-24(16)19(25)17-14-18(22-15(2)21-17)23-10-7-20(8-11-23)26-12-13-27-20/h14,16H,3-13H2,1-2H3. The molecular weight excluding hydrogens is 344 g/mol. The van der Waals surface area contributed by atoms with Crippen LogP contribution in [0.5, 0.6) is 0 Å². The summed E-state index contributed by atoms with van der Waals surface area (Å²) in [6.45, 7) is 7.83. The van der Waals surface area contributed by atoms with Crippen LogP contribution >= 0.6 is 0 Å². The highest BCUT2D eigenvalue weighted by molar-refractivity contribution is 5.93. The molecule has 0 radical (unpaired) electrons. The van der Waals surface area contributed by atoms with Crippen molar-refractivity contribution in [2.75, 3.05) is 37.7 Å². The van der Waals surface area contributed by atoms with Crippen LogP contribution in [0.4, 0.5) is 5.82 Å². The first kappa shape index (κ1) is 18.6. The second-order valence-corrected chi connectivity index (χ2v) is 7.81. The Balaban J connectivity index is 1.50. The molecule has 3 fully saturated rings. The van der Waals surface area contributed by atoms with Crippen molar-refractivity contribution in [1.82, 2.24) is 14.9 Å². The molecule has 0 N–H and O–H groups in total. The second-order valence-electron chi connectivity index (χ2n) is 7.81. The lowest BCUT2D eigenvalue weighted by Gasteiger charge is -2.38. The van der Waals surface area contributed by atoms with Crippen molar-refractivity contribution in [3.05, 3.63) is 17.6 Å². The predicted molar refractivity (Wildman–Crippen MR) is 102 cm³/mol. The van der Waals surface area contributed by atoms with Gasteiger partial charge in [0.2, 0.25) is 0 Å². The van der Waals surface area contributed by atoms with E-state index in [9.17, 15) is 4.79 Å². The molecule has 1 aromatic heterocycles. The number of piperidine rings is 2. The lowest BCUT2D eigenvalue weighted by Crippen LogP contribution is -2.46. The lowest BCUT2D eigenvalue weighted by molar-refractivity contribution is -0.169. The van der Waals surface area contributed by atoms with Crippen LogP contribution in [0.3, 0.4) is 0 Å². The maximum Gasteiger partial charge on any atom is 0.272 e. The number of carbonyl (C=O) groups is 1. The van der Waals surface area contributed by atoms with Crippen molar-refractivity contribution in [3.63, 3.8) is 0 Å². The quantitative estimate of drug-likeness (QED) is 0.810. The van der Waals surface area contributed by atoms with E-state index < -0.39 is 5.79 Å². The van der Waals surface area contributed by atoms with E-state index in [1.807, 2.05) is 17.9 Å². The van der Waals surface area contributed by atoms with E-state index >= 15 is 0 Å². The van der Waals surface area contributed by atoms with Crippen molar-refractivity contribution < 1.29 is 14.3 Å². The SMILES string of the molecule is CCC1CCCCN1C(=O)c1cc(N2CCC3(CC2)OCCO3)nc(C)n1. The van der Waals surface area contributed by atoms with Crippen LogP contribution in [0.1, 0.15) is 61.8 Å². The number of aromatic nitrogens is 2. The number of rotatable bonds is 3. The smallest absolute Gasteiger partial charge is 0.272 e. The molecule has 3 aliphatic heterocycles. The van der Waals surface area contributed by atoms with Crippen LogP contribution in [-0.2, 0) is 9.47 Å². The molecule has 27 heavy (non-hydrogen) atoms. The fourth-order valence-electron chi connectivity index (χ4n) is 4.53. The molecule has 7 nitrogen and oxygen atoms in total. The third kappa shape index (κ3) is 3.80. The number of amides is 1. The summed E-state index contributed by atoms with van der Waals surface area (Å²) in [5, 5.41) is 0. The molecule has 1 amide bonds. The van der Waals surface area contributed by atoms with Gasteiger partial charge in [0.05, 0.1) is 13.2 Å². The highest BCUT2D eigenvalue weighted by Crippen LogP contribution is 2.33. The van der Waals surface area contributed by atoms with Gasteiger partial charge in [0.15, 0.2) is 5.79 Å². The number of hydrogen-bond donors (Lipinski definition) is 0. The van der Waals surface area contributed by atoms with Crippen molar-refractivity contribution in [1.29, 1.82) is 0 Å². The van der Waals surface area contributed by atoms with E-state index in [1.165, 1.54) is 6.42 Å². The molecule has 1 unspecified atom stereocenters. The molecule has 1 spiro atoms. The minimum Gasteiger partial charge on any atom is -0.356 e.